The van der Waals surface area contributed by atoms with Crippen LogP contribution in [0.4, 0.5) is 4.39 Å². The Morgan fingerprint density at radius 2 is 2.28 bits per heavy atom. The lowest BCUT2D eigenvalue weighted by Crippen LogP contribution is -2.50. The lowest BCUT2D eigenvalue weighted by atomic mass is 10.1. The van der Waals surface area contributed by atoms with Crippen molar-refractivity contribution in [2.45, 2.75) is 12.6 Å². The number of benzene rings is 1. The Labute approximate surface area is 105 Å². The standard InChI is InChI=1S/C13H13FN4/c14-13-5-10(6-15)1-2-11(13)9-18-4-3-17-8-12(18)7-16/h1-2,5,12,17H,3-4,8-9H2. The zero-order chi connectivity index (χ0) is 13.0. The van der Waals surface area contributed by atoms with Crippen LogP contribution < -0.4 is 5.32 Å². The highest BCUT2D eigenvalue weighted by Crippen LogP contribution is 2.15. The summed E-state index contributed by atoms with van der Waals surface area (Å²) in [5.41, 5.74) is 0.838. The van der Waals surface area contributed by atoms with Crippen LogP contribution in [0.15, 0.2) is 18.2 Å². The fourth-order valence-corrected chi connectivity index (χ4v) is 2.03. The van der Waals surface area contributed by atoms with Crippen molar-refractivity contribution in [1.82, 2.24) is 10.2 Å². The number of piperazine rings is 1. The Morgan fingerprint density at radius 3 is 2.94 bits per heavy atom. The minimum absolute atomic E-state index is 0.228. The molecule has 92 valence electrons. The van der Waals surface area contributed by atoms with Crippen LogP contribution in [0.25, 0.3) is 0 Å². The van der Waals surface area contributed by atoms with Gasteiger partial charge in [-0.2, -0.15) is 10.5 Å². The van der Waals surface area contributed by atoms with Gasteiger partial charge in [-0.15, -0.1) is 0 Å². The molecule has 1 heterocycles. The molecule has 1 saturated heterocycles. The Balaban J connectivity index is 2.14. The van der Waals surface area contributed by atoms with Gasteiger partial charge >= 0.3 is 0 Å². The molecule has 2 rings (SSSR count). The molecular weight excluding hydrogens is 231 g/mol. The summed E-state index contributed by atoms with van der Waals surface area (Å²) in [6.07, 6.45) is 0. The summed E-state index contributed by atoms with van der Waals surface area (Å²) in [6, 6.07) is 8.33. The van der Waals surface area contributed by atoms with Crippen LogP contribution in [-0.4, -0.2) is 30.6 Å². The van der Waals surface area contributed by atoms with Crippen LogP contribution in [0.2, 0.25) is 0 Å². The first-order valence-electron chi connectivity index (χ1n) is 5.77. The average Bonchev–Trinajstić information content (AvgIpc) is 2.41. The third-order valence-electron chi connectivity index (χ3n) is 3.06. The number of rotatable bonds is 2. The molecule has 0 radical (unpaired) electrons. The molecule has 1 aromatic rings. The summed E-state index contributed by atoms with van der Waals surface area (Å²) in [4.78, 5) is 1.95. The molecule has 1 aliphatic heterocycles. The van der Waals surface area contributed by atoms with Crippen LogP contribution >= 0.6 is 0 Å². The zero-order valence-corrected chi connectivity index (χ0v) is 9.86. The summed E-state index contributed by atoms with van der Waals surface area (Å²) in [6.45, 7) is 2.53. The molecule has 0 aromatic heterocycles. The molecule has 0 aliphatic carbocycles. The van der Waals surface area contributed by atoms with Crippen LogP contribution in [0, 0.1) is 28.5 Å². The molecule has 0 bridgehead atoms. The first-order valence-corrected chi connectivity index (χ1v) is 5.77. The zero-order valence-electron chi connectivity index (χ0n) is 9.86. The van der Waals surface area contributed by atoms with Gasteiger partial charge in [0.15, 0.2) is 0 Å². The van der Waals surface area contributed by atoms with E-state index in [1.54, 1.807) is 12.1 Å². The lowest BCUT2D eigenvalue weighted by molar-refractivity contribution is 0.187. The lowest BCUT2D eigenvalue weighted by Gasteiger charge is -2.31. The predicted octanol–water partition coefficient (Wildman–Crippen LogP) is 0.995. The fraction of sp³-hybridized carbons (Fsp3) is 0.385. The SMILES string of the molecule is N#Cc1ccc(CN2CCNCC2C#N)c(F)c1. The molecule has 1 unspecified atom stereocenters. The quantitative estimate of drug-likeness (QED) is 0.842. The van der Waals surface area contributed by atoms with Crippen LogP contribution in [0.1, 0.15) is 11.1 Å². The van der Waals surface area contributed by atoms with E-state index in [-0.39, 0.29) is 11.9 Å². The maximum absolute atomic E-state index is 13.7. The first-order chi connectivity index (χ1) is 8.74. The number of nitriles is 2. The normalized spacial score (nSPS) is 20.1. The van der Waals surface area contributed by atoms with Crippen molar-refractivity contribution in [3.05, 3.63) is 35.1 Å². The van der Waals surface area contributed by atoms with Crippen molar-refractivity contribution in [1.29, 1.82) is 10.5 Å². The van der Waals surface area contributed by atoms with Crippen molar-refractivity contribution < 1.29 is 4.39 Å². The van der Waals surface area contributed by atoms with E-state index >= 15 is 0 Å². The topological polar surface area (TPSA) is 62.9 Å². The van der Waals surface area contributed by atoms with E-state index < -0.39 is 0 Å². The van der Waals surface area contributed by atoms with E-state index in [0.29, 0.717) is 24.2 Å². The number of halogens is 1. The maximum atomic E-state index is 13.7. The molecule has 0 saturated carbocycles. The number of hydrogen-bond donors (Lipinski definition) is 1. The van der Waals surface area contributed by atoms with Crippen LogP contribution in [-0.2, 0) is 6.54 Å². The van der Waals surface area contributed by atoms with E-state index in [1.807, 2.05) is 11.0 Å². The minimum atomic E-state index is -0.385. The van der Waals surface area contributed by atoms with Crippen LogP contribution in [0.3, 0.4) is 0 Å². The molecule has 4 nitrogen and oxygen atoms in total. The number of hydrogen-bond acceptors (Lipinski definition) is 4. The molecule has 1 atom stereocenters. The predicted molar refractivity (Wildman–Crippen MR) is 63.8 cm³/mol. The molecule has 0 amide bonds. The maximum Gasteiger partial charge on any atom is 0.129 e. The van der Waals surface area contributed by atoms with Gasteiger partial charge in [-0.3, -0.25) is 4.90 Å². The molecule has 1 fully saturated rings. The fourth-order valence-electron chi connectivity index (χ4n) is 2.03. The summed E-state index contributed by atoms with van der Waals surface area (Å²) < 4.78 is 13.7. The van der Waals surface area contributed by atoms with Gasteiger partial charge in [0, 0.05) is 31.7 Å². The van der Waals surface area contributed by atoms with Gasteiger partial charge in [-0.05, 0) is 12.1 Å². The largest absolute Gasteiger partial charge is 0.313 e. The van der Waals surface area contributed by atoms with Gasteiger partial charge in [0.1, 0.15) is 11.9 Å². The molecule has 1 aliphatic rings. The number of nitrogens with zero attached hydrogens (tertiary/aromatic N) is 3. The highest BCUT2D eigenvalue weighted by molar-refractivity contribution is 5.33. The minimum Gasteiger partial charge on any atom is -0.313 e. The van der Waals surface area contributed by atoms with Gasteiger partial charge in [-0.25, -0.2) is 4.39 Å². The molecule has 1 aromatic carbocycles. The Hall–Kier alpha value is -1.95. The second-order valence-electron chi connectivity index (χ2n) is 4.24. The third kappa shape index (κ3) is 2.65. The van der Waals surface area contributed by atoms with Crippen molar-refractivity contribution >= 4 is 0 Å². The van der Waals surface area contributed by atoms with Crippen molar-refractivity contribution in [3.63, 3.8) is 0 Å². The molecule has 0 spiro atoms. The molecule has 18 heavy (non-hydrogen) atoms. The molecule has 5 heteroatoms. The Morgan fingerprint density at radius 1 is 1.44 bits per heavy atom. The second-order valence-corrected chi connectivity index (χ2v) is 4.24. The van der Waals surface area contributed by atoms with Crippen LogP contribution in [0.5, 0.6) is 0 Å². The summed E-state index contributed by atoms with van der Waals surface area (Å²) in [5, 5.41) is 20.8. The van der Waals surface area contributed by atoms with E-state index in [4.69, 9.17) is 10.5 Å². The Kier molecular flexibility index (Phi) is 3.88. The van der Waals surface area contributed by atoms with Gasteiger partial charge in [0.25, 0.3) is 0 Å². The van der Waals surface area contributed by atoms with Crippen molar-refractivity contribution in [2.75, 3.05) is 19.6 Å². The van der Waals surface area contributed by atoms with E-state index in [2.05, 4.69) is 11.4 Å². The average molecular weight is 244 g/mol. The Bertz CT molecular complexity index is 515. The van der Waals surface area contributed by atoms with E-state index in [9.17, 15) is 4.39 Å². The summed E-state index contributed by atoms with van der Waals surface area (Å²) in [5.74, 6) is -0.385. The van der Waals surface area contributed by atoms with E-state index in [0.717, 1.165) is 13.1 Å². The van der Waals surface area contributed by atoms with Gasteiger partial charge in [0.2, 0.25) is 0 Å². The van der Waals surface area contributed by atoms with Gasteiger partial charge < -0.3 is 5.32 Å². The summed E-state index contributed by atoms with van der Waals surface area (Å²) in [7, 11) is 0. The first kappa shape index (κ1) is 12.5. The third-order valence-corrected chi connectivity index (χ3v) is 3.06. The molecule has 1 N–H and O–H groups in total. The monoisotopic (exact) mass is 244 g/mol. The second kappa shape index (κ2) is 5.59. The molecular formula is C13H13FN4. The summed E-state index contributed by atoms with van der Waals surface area (Å²) >= 11 is 0. The highest BCUT2D eigenvalue weighted by Gasteiger charge is 2.22. The van der Waals surface area contributed by atoms with E-state index in [1.165, 1.54) is 6.07 Å². The van der Waals surface area contributed by atoms with Crippen molar-refractivity contribution in [3.8, 4) is 12.1 Å². The van der Waals surface area contributed by atoms with Crippen molar-refractivity contribution in [2.24, 2.45) is 0 Å². The van der Waals surface area contributed by atoms with Gasteiger partial charge in [0.05, 0.1) is 17.7 Å². The highest BCUT2D eigenvalue weighted by atomic mass is 19.1. The van der Waals surface area contributed by atoms with Gasteiger partial charge in [-0.1, -0.05) is 6.07 Å². The smallest absolute Gasteiger partial charge is 0.129 e. The number of nitrogens with one attached hydrogen (secondary N) is 1.